The molecule has 0 aromatic heterocycles. The summed E-state index contributed by atoms with van der Waals surface area (Å²) in [7, 11) is 0. The molecule has 106 valence electrons. The maximum atomic E-state index is 9.57. The predicted molar refractivity (Wildman–Crippen MR) is 79.1 cm³/mol. The van der Waals surface area contributed by atoms with Crippen LogP contribution in [-0.4, -0.2) is 29.1 Å². The molecule has 0 saturated heterocycles. The zero-order chi connectivity index (χ0) is 13.5. The fourth-order valence-corrected chi connectivity index (χ4v) is 3.02. The van der Waals surface area contributed by atoms with E-state index in [0.29, 0.717) is 11.8 Å². The van der Waals surface area contributed by atoms with E-state index in [2.05, 4.69) is 11.0 Å². The Hall–Kier alpha value is -1.06. The summed E-state index contributed by atoms with van der Waals surface area (Å²) in [6.07, 6.45) is 7.75. The van der Waals surface area contributed by atoms with Crippen LogP contribution in [0.25, 0.3) is 0 Å². The number of aromatic hydroxyl groups is 1. The minimum atomic E-state index is 0.361. The van der Waals surface area contributed by atoms with Gasteiger partial charge in [0, 0.05) is 12.6 Å². The molecule has 0 heterocycles. The molecule has 1 fully saturated rings. The SMILES string of the molecule is NCCCN(Cc1cccc(O)c1)C1CCCCC1. The van der Waals surface area contributed by atoms with E-state index >= 15 is 0 Å². The number of hydrogen-bond acceptors (Lipinski definition) is 3. The summed E-state index contributed by atoms with van der Waals surface area (Å²) < 4.78 is 0. The second-order valence-corrected chi connectivity index (χ2v) is 5.57. The van der Waals surface area contributed by atoms with Gasteiger partial charge in [-0.2, -0.15) is 0 Å². The summed E-state index contributed by atoms with van der Waals surface area (Å²) in [6, 6.07) is 8.32. The van der Waals surface area contributed by atoms with Crippen LogP contribution in [0.1, 0.15) is 44.1 Å². The van der Waals surface area contributed by atoms with Gasteiger partial charge in [-0.1, -0.05) is 31.4 Å². The lowest BCUT2D eigenvalue weighted by atomic mass is 9.93. The van der Waals surface area contributed by atoms with Gasteiger partial charge in [0.1, 0.15) is 5.75 Å². The van der Waals surface area contributed by atoms with Crippen LogP contribution in [0.2, 0.25) is 0 Å². The van der Waals surface area contributed by atoms with E-state index in [9.17, 15) is 5.11 Å². The first kappa shape index (κ1) is 14.4. The molecular formula is C16H26N2O. The molecule has 1 saturated carbocycles. The van der Waals surface area contributed by atoms with Gasteiger partial charge in [-0.25, -0.2) is 0 Å². The van der Waals surface area contributed by atoms with E-state index in [4.69, 9.17) is 5.73 Å². The highest BCUT2D eigenvalue weighted by Gasteiger charge is 2.20. The van der Waals surface area contributed by atoms with Crippen molar-refractivity contribution in [3.63, 3.8) is 0 Å². The van der Waals surface area contributed by atoms with Crippen LogP contribution in [0.4, 0.5) is 0 Å². The van der Waals surface area contributed by atoms with E-state index in [1.54, 1.807) is 6.07 Å². The van der Waals surface area contributed by atoms with Crippen LogP contribution in [0.3, 0.4) is 0 Å². The molecule has 0 atom stereocenters. The molecule has 3 heteroatoms. The van der Waals surface area contributed by atoms with Gasteiger partial charge < -0.3 is 10.8 Å². The number of phenolic OH excluding ortho intramolecular Hbond substituents is 1. The first-order valence-corrected chi connectivity index (χ1v) is 7.51. The Morgan fingerprint density at radius 2 is 2.00 bits per heavy atom. The molecule has 3 N–H and O–H groups in total. The minimum Gasteiger partial charge on any atom is -0.508 e. The Morgan fingerprint density at radius 1 is 1.21 bits per heavy atom. The van der Waals surface area contributed by atoms with Crippen LogP contribution in [0, 0.1) is 0 Å². The van der Waals surface area contributed by atoms with Gasteiger partial charge in [0.15, 0.2) is 0 Å². The van der Waals surface area contributed by atoms with Gasteiger partial charge in [0.2, 0.25) is 0 Å². The zero-order valence-corrected chi connectivity index (χ0v) is 11.7. The molecule has 1 aromatic carbocycles. The molecule has 0 radical (unpaired) electrons. The van der Waals surface area contributed by atoms with Crippen molar-refractivity contribution in [3.8, 4) is 5.75 Å². The Labute approximate surface area is 116 Å². The van der Waals surface area contributed by atoms with E-state index in [1.165, 1.54) is 37.7 Å². The van der Waals surface area contributed by atoms with Crippen LogP contribution < -0.4 is 5.73 Å². The monoisotopic (exact) mass is 262 g/mol. The summed E-state index contributed by atoms with van der Waals surface area (Å²) in [5.41, 5.74) is 6.85. The number of phenols is 1. The number of benzene rings is 1. The molecule has 0 unspecified atom stereocenters. The van der Waals surface area contributed by atoms with Gasteiger partial charge in [-0.05, 0) is 50.0 Å². The van der Waals surface area contributed by atoms with Crippen molar-refractivity contribution in [2.75, 3.05) is 13.1 Å². The van der Waals surface area contributed by atoms with Crippen LogP contribution in [0.15, 0.2) is 24.3 Å². The van der Waals surface area contributed by atoms with Crippen molar-refractivity contribution >= 4 is 0 Å². The average Bonchev–Trinajstić information content (AvgIpc) is 2.44. The lowest BCUT2D eigenvalue weighted by molar-refractivity contribution is 0.147. The maximum Gasteiger partial charge on any atom is 0.115 e. The predicted octanol–water partition coefficient (Wildman–Crippen LogP) is 2.88. The quantitative estimate of drug-likeness (QED) is 0.829. The summed E-state index contributed by atoms with van der Waals surface area (Å²) >= 11 is 0. The minimum absolute atomic E-state index is 0.361. The maximum absolute atomic E-state index is 9.57. The van der Waals surface area contributed by atoms with Crippen molar-refractivity contribution in [2.45, 2.75) is 51.1 Å². The molecule has 0 bridgehead atoms. The third-order valence-electron chi connectivity index (χ3n) is 4.04. The standard InChI is InChI=1S/C16H26N2O/c17-10-5-11-18(15-7-2-1-3-8-15)13-14-6-4-9-16(19)12-14/h4,6,9,12,15,19H,1-3,5,7-8,10-11,13,17H2. The lowest BCUT2D eigenvalue weighted by Crippen LogP contribution is -2.37. The molecule has 1 aliphatic rings. The molecule has 1 aliphatic carbocycles. The molecular weight excluding hydrogens is 236 g/mol. The molecule has 1 aromatic rings. The number of nitrogens with zero attached hydrogens (tertiary/aromatic N) is 1. The van der Waals surface area contributed by atoms with Gasteiger partial charge in [0.05, 0.1) is 0 Å². The second kappa shape index (κ2) is 7.51. The van der Waals surface area contributed by atoms with Crippen LogP contribution in [-0.2, 0) is 6.54 Å². The Balaban J connectivity index is 1.99. The van der Waals surface area contributed by atoms with Crippen molar-refractivity contribution in [2.24, 2.45) is 5.73 Å². The number of nitrogens with two attached hydrogens (primary N) is 1. The Bertz CT molecular complexity index is 375. The highest BCUT2D eigenvalue weighted by Crippen LogP contribution is 2.24. The number of rotatable bonds is 6. The van der Waals surface area contributed by atoms with Crippen molar-refractivity contribution < 1.29 is 5.11 Å². The topological polar surface area (TPSA) is 49.5 Å². The lowest BCUT2D eigenvalue weighted by Gasteiger charge is -2.34. The van der Waals surface area contributed by atoms with Gasteiger partial charge in [0.25, 0.3) is 0 Å². The average molecular weight is 262 g/mol. The third-order valence-corrected chi connectivity index (χ3v) is 4.04. The normalized spacial score (nSPS) is 16.9. The summed E-state index contributed by atoms with van der Waals surface area (Å²) in [6.45, 7) is 2.75. The van der Waals surface area contributed by atoms with Gasteiger partial charge in [-0.3, -0.25) is 4.90 Å². The first-order valence-electron chi connectivity index (χ1n) is 7.51. The van der Waals surface area contributed by atoms with E-state index < -0.39 is 0 Å². The largest absolute Gasteiger partial charge is 0.508 e. The fraction of sp³-hybridized carbons (Fsp3) is 0.625. The highest BCUT2D eigenvalue weighted by molar-refractivity contribution is 5.27. The zero-order valence-electron chi connectivity index (χ0n) is 11.7. The smallest absolute Gasteiger partial charge is 0.115 e. The molecule has 19 heavy (non-hydrogen) atoms. The van der Waals surface area contributed by atoms with E-state index in [1.807, 2.05) is 12.1 Å². The van der Waals surface area contributed by atoms with Crippen molar-refractivity contribution in [3.05, 3.63) is 29.8 Å². The van der Waals surface area contributed by atoms with E-state index in [0.717, 1.165) is 26.1 Å². The fourth-order valence-electron chi connectivity index (χ4n) is 3.02. The van der Waals surface area contributed by atoms with Crippen LogP contribution >= 0.6 is 0 Å². The van der Waals surface area contributed by atoms with Crippen LogP contribution in [0.5, 0.6) is 5.75 Å². The molecule has 3 nitrogen and oxygen atoms in total. The van der Waals surface area contributed by atoms with Gasteiger partial charge in [-0.15, -0.1) is 0 Å². The molecule has 0 aliphatic heterocycles. The first-order chi connectivity index (χ1) is 9.29. The molecule has 0 spiro atoms. The number of hydrogen-bond donors (Lipinski definition) is 2. The summed E-state index contributed by atoms with van der Waals surface area (Å²) in [5, 5.41) is 9.57. The summed E-state index contributed by atoms with van der Waals surface area (Å²) in [4.78, 5) is 2.56. The molecule has 0 amide bonds. The van der Waals surface area contributed by atoms with Crippen molar-refractivity contribution in [1.82, 2.24) is 4.90 Å². The highest BCUT2D eigenvalue weighted by atomic mass is 16.3. The Morgan fingerprint density at radius 3 is 2.68 bits per heavy atom. The second-order valence-electron chi connectivity index (χ2n) is 5.57. The van der Waals surface area contributed by atoms with Gasteiger partial charge >= 0.3 is 0 Å². The van der Waals surface area contributed by atoms with Crippen molar-refractivity contribution in [1.29, 1.82) is 0 Å². The third kappa shape index (κ3) is 4.51. The summed E-state index contributed by atoms with van der Waals surface area (Å²) in [5.74, 6) is 0.361. The molecule has 2 rings (SSSR count). The Kier molecular flexibility index (Phi) is 5.67. The van der Waals surface area contributed by atoms with E-state index in [-0.39, 0.29) is 0 Å².